The number of likely N-dealkylation sites (N-methyl/N-ethyl adjacent to an activating group) is 2. The molecule has 0 bridgehead atoms. The van der Waals surface area contributed by atoms with Crippen LogP contribution in [-0.2, 0) is 4.79 Å². The molecule has 0 radical (unpaired) electrons. The Hall–Kier alpha value is -1.56. The van der Waals surface area contributed by atoms with Crippen molar-refractivity contribution in [3.05, 3.63) is 28.2 Å². The number of hydrogen-bond acceptors (Lipinski definition) is 3. The summed E-state index contributed by atoms with van der Waals surface area (Å²) in [6.45, 7) is 5.20. The first-order valence-corrected chi connectivity index (χ1v) is 7.60. The summed E-state index contributed by atoms with van der Waals surface area (Å²) in [5.41, 5.74) is 0.512. The fraction of sp³-hybridized carbons (Fsp3) is 0.467. The largest absolute Gasteiger partial charge is 0.496 e. The SMILES string of the molecule is CCN(CC)C(=O)CN(C)C(=O)c1ccc(OC)c(Br)c1. The number of methoxy groups -OCH3 is 1. The van der Waals surface area contributed by atoms with E-state index in [1.54, 1.807) is 37.3 Å². The molecule has 0 heterocycles. The number of carbonyl (C=O) groups is 2. The molecule has 1 aromatic rings. The molecule has 1 aromatic carbocycles. The van der Waals surface area contributed by atoms with E-state index in [-0.39, 0.29) is 18.4 Å². The van der Waals surface area contributed by atoms with Gasteiger partial charge in [0, 0.05) is 25.7 Å². The summed E-state index contributed by atoms with van der Waals surface area (Å²) in [6.07, 6.45) is 0. The molecule has 6 heteroatoms. The van der Waals surface area contributed by atoms with E-state index in [0.717, 1.165) is 0 Å². The van der Waals surface area contributed by atoms with Gasteiger partial charge in [-0.25, -0.2) is 0 Å². The second-order valence-corrected chi connectivity index (χ2v) is 5.43. The van der Waals surface area contributed by atoms with Gasteiger partial charge in [-0.05, 0) is 48.0 Å². The van der Waals surface area contributed by atoms with E-state index in [1.165, 1.54) is 4.90 Å². The molecule has 1 rings (SSSR count). The first-order chi connectivity index (χ1) is 9.94. The molecule has 116 valence electrons. The molecule has 0 aliphatic heterocycles. The van der Waals surface area contributed by atoms with Gasteiger partial charge in [-0.2, -0.15) is 0 Å². The fourth-order valence-corrected chi connectivity index (χ4v) is 2.51. The van der Waals surface area contributed by atoms with E-state index in [9.17, 15) is 9.59 Å². The van der Waals surface area contributed by atoms with Crippen LogP contribution in [0.25, 0.3) is 0 Å². The van der Waals surface area contributed by atoms with Crippen LogP contribution in [0, 0.1) is 0 Å². The lowest BCUT2D eigenvalue weighted by Crippen LogP contribution is -2.41. The molecular weight excluding hydrogens is 336 g/mol. The van der Waals surface area contributed by atoms with Crippen molar-refractivity contribution >= 4 is 27.7 Å². The normalized spacial score (nSPS) is 10.1. The molecule has 0 spiro atoms. The van der Waals surface area contributed by atoms with Gasteiger partial charge >= 0.3 is 0 Å². The molecule has 0 saturated carbocycles. The smallest absolute Gasteiger partial charge is 0.254 e. The summed E-state index contributed by atoms with van der Waals surface area (Å²) in [6, 6.07) is 5.10. The quantitative estimate of drug-likeness (QED) is 0.786. The third-order valence-electron chi connectivity index (χ3n) is 3.23. The van der Waals surface area contributed by atoms with Crippen molar-refractivity contribution in [3.8, 4) is 5.75 Å². The van der Waals surface area contributed by atoms with Crippen LogP contribution >= 0.6 is 15.9 Å². The number of rotatable bonds is 6. The van der Waals surface area contributed by atoms with Crippen molar-refractivity contribution in [2.75, 3.05) is 33.8 Å². The molecule has 5 nitrogen and oxygen atoms in total. The van der Waals surface area contributed by atoms with Crippen molar-refractivity contribution in [1.29, 1.82) is 0 Å². The predicted molar refractivity (Wildman–Crippen MR) is 85.6 cm³/mol. The van der Waals surface area contributed by atoms with Crippen LogP contribution in [0.3, 0.4) is 0 Å². The average Bonchev–Trinajstić information content (AvgIpc) is 2.47. The molecule has 0 unspecified atom stereocenters. The molecule has 0 fully saturated rings. The second-order valence-electron chi connectivity index (χ2n) is 4.58. The third-order valence-corrected chi connectivity index (χ3v) is 3.85. The van der Waals surface area contributed by atoms with Crippen LogP contribution in [0.5, 0.6) is 5.75 Å². The van der Waals surface area contributed by atoms with Gasteiger partial charge in [-0.3, -0.25) is 9.59 Å². The molecule has 0 atom stereocenters. The van der Waals surface area contributed by atoms with Crippen LogP contribution in [-0.4, -0.2) is 55.4 Å². The molecule has 21 heavy (non-hydrogen) atoms. The number of nitrogens with zero attached hydrogens (tertiary/aromatic N) is 2. The van der Waals surface area contributed by atoms with Gasteiger partial charge in [-0.15, -0.1) is 0 Å². The number of halogens is 1. The van der Waals surface area contributed by atoms with Crippen LogP contribution in [0.2, 0.25) is 0 Å². The lowest BCUT2D eigenvalue weighted by atomic mass is 10.2. The molecule has 0 N–H and O–H groups in total. The minimum absolute atomic E-state index is 0.0524. The Morgan fingerprint density at radius 2 is 1.86 bits per heavy atom. The van der Waals surface area contributed by atoms with Gasteiger partial charge in [0.1, 0.15) is 5.75 Å². The molecule has 2 amide bonds. The summed E-state index contributed by atoms with van der Waals surface area (Å²) >= 11 is 3.35. The summed E-state index contributed by atoms with van der Waals surface area (Å²) in [4.78, 5) is 27.5. The number of amides is 2. The summed E-state index contributed by atoms with van der Waals surface area (Å²) in [7, 11) is 3.19. The van der Waals surface area contributed by atoms with Crippen molar-refractivity contribution in [3.63, 3.8) is 0 Å². The van der Waals surface area contributed by atoms with Crippen LogP contribution < -0.4 is 4.74 Å². The van der Waals surface area contributed by atoms with E-state index >= 15 is 0 Å². The lowest BCUT2D eigenvalue weighted by Gasteiger charge is -2.23. The standard InChI is InChI=1S/C15H21BrN2O3/c1-5-18(6-2)14(19)10-17(3)15(20)11-7-8-13(21-4)12(16)9-11/h7-9H,5-6,10H2,1-4H3. The Morgan fingerprint density at radius 3 is 2.33 bits per heavy atom. The fourth-order valence-electron chi connectivity index (χ4n) is 1.97. The van der Waals surface area contributed by atoms with Gasteiger partial charge in [-0.1, -0.05) is 0 Å². The first-order valence-electron chi connectivity index (χ1n) is 6.81. The number of carbonyl (C=O) groups excluding carboxylic acids is 2. The Bertz CT molecular complexity index is 516. The highest BCUT2D eigenvalue weighted by molar-refractivity contribution is 9.10. The zero-order valence-corrected chi connectivity index (χ0v) is 14.4. The van der Waals surface area contributed by atoms with E-state index in [2.05, 4.69) is 15.9 Å². The summed E-state index contributed by atoms with van der Waals surface area (Å²) < 4.78 is 5.84. The van der Waals surface area contributed by atoms with E-state index in [1.807, 2.05) is 13.8 Å². The predicted octanol–water partition coefficient (Wildman–Crippen LogP) is 2.40. The van der Waals surface area contributed by atoms with E-state index in [0.29, 0.717) is 28.9 Å². The first kappa shape index (κ1) is 17.5. The number of ether oxygens (including phenoxy) is 1. The van der Waals surface area contributed by atoms with Crippen LogP contribution in [0.4, 0.5) is 0 Å². The van der Waals surface area contributed by atoms with Crippen LogP contribution in [0.1, 0.15) is 24.2 Å². The Balaban J connectivity index is 2.79. The summed E-state index contributed by atoms with van der Waals surface area (Å²) in [5.74, 6) is 0.413. The summed E-state index contributed by atoms with van der Waals surface area (Å²) in [5, 5.41) is 0. The van der Waals surface area contributed by atoms with Crippen molar-refractivity contribution in [2.45, 2.75) is 13.8 Å². The van der Waals surface area contributed by atoms with Gasteiger partial charge in [0.15, 0.2) is 0 Å². The highest BCUT2D eigenvalue weighted by Crippen LogP contribution is 2.25. The zero-order chi connectivity index (χ0) is 16.0. The monoisotopic (exact) mass is 356 g/mol. The van der Waals surface area contributed by atoms with Gasteiger partial charge in [0.2, 0.25) is 5.91 Å². The lowest BCUT2D eigenvalue weighted by molar-refractivity contribution is -0.131. The second kappa shape index (κ2) is 8.02. The number of benzene rings is 1. The van der Waals surface area contributed by atoms with Crippen molar-refractivity contribution in [1.82, 2.24) is 9.80 Å². The van der Waals surface area contributed by atoms with Gasteiger partial charge in [0.25, 0.3) is 5.91 Å². The maximum atomic E-state index is 12.3. The Morgan fingerprint density at radius 1 is 1.24 bits per heavy atom. The van der Waals surface area contributed by atoms with E-state index < -0.39 is 0 Å². The van der Waals surface area contributed by atoms with Gasteiger partial charge < -0.3 is 14.5 Å². The molecule has 0 aliphatic rings. The van der Waals surface area contributed by atoms with Crippen molar-refractivity contribution in [2.24, 2.45) is 0 Å². The van der Waals surface area contributed by atoms with Crippen LogP contribution in [0.15, 0.2) is 22.7 Å². The minimum Gasteiger partial charge on any atom is -0.496 e. The maximum absolute atomic E-state index is 12.3. The highest BCUT2D eigenvalue weighted by atomic mass is 79.9. The minimum atomic E-state index is -0.196. The third kappa shape index (κ3) is 4.46. The van der Waals surface area contributed by atoms with Crippen molar-refractivity contribution < 1.29 is 14.3 Å². The topological polar surface area (TPSA) is 49.9 Å². The van der Waals surface area contributed by atoms with E-state index in [4.69, 9.17) is 4.74 Å². The highest BCUT2D eigenvalue weighted by Gasteiger charge is 2.18. The zero-order valence-electron chi connectivity index (χ0n) is 12.9. The molecule has 0 aliphatic carbocycles. The van der Waals surface area contributed by atoms with Gasteiger partial charge in [0.05, 0.1) is 18.1 Å². The average molecular weight is 357 g/mol. The maximum Gasteiger partial charge on any atom is 0.254 e. The molecule has 0 saturated heterocycles. The molecular formula is C15H21BrN2O3. The number of hydrogen-bond donors (Lipinski definition) is 0. The Labute approximate surface area is 134 Å². The Kier molecular flexibility index (Phi) is 6.68. The molecule has 0 aromatic heterocycles.